The first-order chi connectivity index (χ1) is 8.99. The second-order valence-corrected chi connectivity index (χ2v) is 6.65. The van der Waals surface area contributed by atoms with Crippen LogP contribution >= 0.6 is 11.6 Å². The van der Waals surface area contributed by atoms with E-state index in [0.717, 1.165) is 5.56 Å². The molecule has 0 aromatic heterocycles. The lowest BCUT2D eigenvalue weighted by Crippen LogP contribution is -2.33. The maximum absolute atomic E-state index is 12.1. The standard InChI is InChI=1S/C13H17ClN2O2S/c1-9-13(17)16(6-7-19(2)18)12(15-9)10-4-3-5-11(14)8-10/h3-5,8-9,12,15H,6-7H2,1-2H3. The minimum absolute atomic E-state index is 0.0374. The van der Waals surface area contributed by atoms with E-state index in [0.29, 0.717) is 17.3 Å². The Hall–Kier alpha value is -0.910. The molecule has 1 aliphatic rings. The highest BCUT2D eigenvalue weighted by molar-refractivity contribution is 7.84. The monoisotopic (exact) mass is 300 g/mol. The third kappa shape index (κ3) is 3.35. The zero-order chi connectivity index (χ0) is 14.0. The van der Waals surface area contributed by atoms with Crippen LogP contribution in [0.3, 0.4) is 0 Å². The van der Waals surface area contributed by atoms with Crippen LogP contribution in [0.5, 0.6) is 0 Å². The number of nitrogens with zero attached hydrogens (tertiary/aromatic N) is 1. The second-order valence-electron chi connectivity index (χ2n) is 4.65. The molecule has 19 heavy (non-hydrogen) atoms. The predicted octanol–water partition coefficient (Wildman–Crippen LogP) is 1.54. The first-order valence-corrected chi connectivity index (χ1v) is 8.21. The number of rotatable bonds is 4. The van der Waals surface area contributed by atoms with Crippen molar-refractivity contribution in [3.8, 4) is 0 Å². The largest absolute Gasteiger partial charge is 0.321 e. The van der Waals surface area contributed by atoms with Crippen LogP contribution in [0.2, 0.25) is 5.02 Å². The van der Waals surface area contributed by atoms with Crippen molar-refractivity contribution in [3.63, 3.8) is 0 Å². The van der Waals surface area contributed by atoms with E-state index < -0.39 is 10.8 Å². The lowest BCUT2D eigenvalue weighted by Gasteiger charge is -2.24. The van der Waals surface area contributed by atoms with Gasteiger partial charge in [0.25, 0.3) is 0 Å². The zero-order valence-corrected chi connectivity index (χ0v) is 12.5. The molecule has 1 aliphatic heterocycles. The van der Waals surface area contributed by atoms with Crippen molar-refractivity contribution in [2.24, 2.45) is 0 Å². The van der Waals surface area contributed by atoms with Gasteiger partial charge in [0.1, 0.15) is 6.17 Å². The van der Waals surface area contributed by atoms with Gasteiger partial charge in [-0.25, -0.2) is 0 Å². The van der Waals surface area contributed by atoms with E-state index in [1.54, 1.807) is 17.2 Å². The molecule has 3 unspecified atom stereocenters. The summed E-state index contributed by atoms with van der Waals surface area (Å²) in [7, 11) is -0.911. The normalized spacial score (nSPS) is 24.8. The van der Waals surface area contributed by atoms with Gasteiger partial charge in [-0.05, 0) is 24.6 Å². The summed E-state index contributed by atoms with van der Waals surface area (Å²) in [5.41, 5.74) is 0.951. The fourth-order valence-electron chi connectivity index (χ4n) is 2.19. The Kier molecular flexibility index (Phi) is 4.60. The van der Waals surface area contributed by atoms with E-state index >= 15 is 0 Å². The van der Waals surface area contributed by atoms with Gasteiger partial charge in [-0.15, -0.1) is 0 Å². The van der Waals surface area contributed by atoms with Gasteiger partial charge in [-0.2, -0.15) is 0 Å². The molecule has 0 saturated carbocycles. The van der Waals surface area contributed by atoms with Crippen LogP contribution in [0.25, 0.3) is 0 Å². The number of carbonyl (C=O) groups excluding carboxylic acids is 1. The molecule has 104 valence electrons. The van der Waals surface area contributed by atoms with Gasteiger partial charge < -0.3 is 4.90 Å². The average molecular weight is 301 g/mol. The van der Waals surface area contributed by atoms with Gasteiger partial charge in [0, 0.05) is 34.4 Å². The van der Waals surface area contributed by atoms with Crippen molar-refractivity contribution >= 4 is 28.3 Å². The molecule has 3 atom stereocenters. The maximum atomic E-state index is 12.1. The van der Waals surface area contributed by atoms with Crippen LogP contribution in [-0.2, 0) is 15.6 Å². The maximum Gasteiger partial charge on any atom is 0.241 e. The van der Waals surface area contributed by atoms with E-state index in [-0.39, 0.29) is 18.1 Å². The van der Waals surface area contributed by atoms with Gasteiger partial charge in [0.05, 0.1) is 6.04 Å². The van der Waals surface area contributed by atoms with Crippen LogP contribution in [0.15, 0.2) is 24.3 Å². The third-order valence-corrected chi connectivity index (χ3v) is 4.15. The molecule has 1 fully saturated rings. The Bertz CT molecular complexity index is 509. The van der Waals surface area contributed by atoms with Crippen LogP contribution in [0, 0.1) is 0 Å². The number of carbonyl (C=O) groups is 1. The molecule has 1 amide bonds. The van der Waals surface area contributed by atoms with Crippen molar-refractivity contribution in [1.29, 1.82) is 0 Å². The zero-order valence-electron chi connectivity index (χ0n) is 10.9. The fraction of sp³-hybridized carbons (Fsp3) is 0.462. The summed E-state index contributed by atoms with van der Waals surface area (Å²) >= 11 is 5.99. The van der Waals surface area contributed by atoms with Crippen molar-refractivity contribution in [2.75, 3.05) is 18.6 Å². The first kappa shape index (κ1) is 14.5. The topological polar surface area (TPSA) is 49.4 Å². The molecule has 1 saturated heterocycles. The smallest absolute Gasteiger partial charge is 0.241 e. The molecule has 1 heterocycles. The second kappa shape index (κ2) is 6.03. The number of benzene rings is 1. The lowest BCUT2D eigenvalue weighted by atomic mass is 10.1. The molecule has 1 N–H and O–H groups in total. The van der Waals surface area contributed by atoms with Crippen LogP contribution in [0.4, 0.5) is 0 Å². The molecule has 1 aromatic rings. The molecule has 0 bridgehead atoms. The Morgan fingerprint density at radius 1 is 1.47 bits per heavy atom. The van der Waals surface area contributed by atoms with E-state index in [1.807, 2.05) is 25.1 Å². The minimum Gasteiger partial charge on any atom is -0.321 e. The van der Waals surface area contributed by atoms with E-state index in [1.165, 1.54) is 0 Å². The summed E-state index contributed by atoms with van der Waals surface area (Å²) in [6.07, 6.45) is 1.45. The van der Waals surface area contributed by atoms with Crippen molar-refractivity contribution in [2.45, 2.75) is 19.1 Å². The summed E-state index contributed by atoms with van der Waals surface area (Å²) in [5, 5.41) is 3.88. The van der Waals surface area contributed by atoms with Gasteiger partial charge >= 0.3 is 0 Å². The minimum atomic E-state index is -0.911. The van der Waals surface area contributed by atoms with E-state index in [9.17, 15) is 9.00 Å². The summed E-state index contributed by atoms with van der Waals surface area (Å²) in [6, 6.07) is 7.22. The van der Waals surface area contributed by atoms with Crippen molar-refractivity contribution in [1.82, 2.24) is 10.2 Å². The summed E-state index contributed by atoms with van der Waals surface area (Å²) in [4.78, 5) is 13.9. The summed E-state index contributed by atoms with van der Waals surface area (Å²) < 4.78 is 11.2. The molecule has 0 spiro atoms. The Labute approximate surface area is 120 Å². The van der Waals surface area contributed by atoms with Gasteiger partial charge in [0.15, 0.2) is 0 Å². The predicted molar refractivity (Wildman–Crippen MR) is 77.4 cm³/mol. The SMILES string of the molecule is CC1NC(c2cccc(Cl)c2)N(CCS(C)=O)C1=O. The molecule has 0 radical (unpaired) electrons. The molecule has 0 aliphatic carbocycles. The van der Waals surface area contributed by atoms with Gasteiger partial charge in [0.2, 0.25) is 5.91 Å². The summed E-state index contributed by atoms with van der Waals surface area (Å²) in [5.74, 6) is 0.521. The Morgan fingerprint density at radius 3 is 2.84 bits per heavy atom. The van der Waals surface area contributed by atoms with Crippen molar-refractivity contribution < 1.29 is 9.00 Å². The quantitative estimate of drug-likeness (QED) is 0.917. The number of amides is 1. The highest BCUT2D eigenvalue weighted by Crippen LogP contribution is 2.26. The number of hydrogen-bond acceptors (Lipinski definition) is 3. The molecule has 6 heteroatoms. The first-order valence-electron chi connectivity index (χ1n) is 6.11. The number of nitrogens with one attached hydrogen (secondary N) is 1. The number of halogens is 1. The van der Waals surface area contributed by atoms with Crippen LogP contribution in [-0.4, -0.2) is 39.6 Å². The average Bonchev–Trinajstić information content (AvgIpc) is 2.63. The van der Waals surface area contributed by atoms with Crippen LogP contribution in [0.1, 0.15) is 18.7 Å². The molecule has 2 rings (SSSR count). The summed E-state index contributed by atoms with van der Waals surface area (Å²) in [6.45, 7) is 2.32. The molecule has 1 aromatic carbocycles. The van der Waals surface area contributed by atoms with Crippen molar-refractivity contribution in [3.05, 3.63) is 34.9 Å². The fourth-order valence-corrected chi connectivity index (χ4v) is 2.85. The molecular weight excluding hydrogens is 284 g/mol. The van der Waals surface area contributed by atoms with Gasteiger partial charge in [-0.1, -0.05) is 23.7 Å². The number of hydrogen-bond donors (Lipinski definition) is 1. The molecule has 4 nitrogen and oxygen atoms in total. The van der Waals surface area contributed by atoms with Crippen LogP contribution < -0.4 is 5.32 Å². The Morgan fingerprint density at radius 2 is 2.21 bits per heavy atom. The Balaban J connectivity index is 2.22. The lowest BCUT2D eigenvalue weighted by molar-refractivity contribution is -0.129. The third-order valence-electron chi connectivity index (χ3n) is 3.16. The molecular formula is C13H17ClN2O2S. The highest BCUT2D eigenvalue weighted by atomic mass is 35.5. The van der Waals surface area contributed by atoms with E-state index in [4.69, 9.17) is 11.6 Å². The van der Waals surface area contributed by atoms with E-state index in [2.05, 4.69) is 5.32 Å². The highest BCUT2D eigenvalue weighted by Gasteiger charge is 2.36. The van der Waals surface area contributed by atoms with Gasteiger partial charge in [-0.3, -0.25) is 14.3 Å².